The van der Waals surface area contributed by atoms with Gasteiger partial charge >= 0.3 is 0 Å². The third kappa shape index (κ3) is 2.87. The number of H-pyrrole nitrogens is 2. The van der Waals surface area contributed by atoms with Crippen molar-refractivity contribution in [3.63, 3.8) is 0 Å². The number of rotatable bonds is 5. The number of nitrogens with zero attached hydrogens (tertiary/aromatic N) is 4. The molecule has 3 aromatic heterocycles. The third-order valence-electron chi connectivity index (χ3n) is 5.94. The minimum atomic E-state index is -0.172. The summed E-state index contributed by atoms with van der Waals surface area (Å²) in [6, 6.07) is 15.2. The molecule has 1 saturated carbocycles. The third-order valence-corrected chi connectivity index (χ3v) is 5.94. The molecular formula is C24H19N7O. The van der Waals surface area contributed by atoms with E-state index in [9.17, 15) is 4.79 Å². The SMILES string of the molecule is CNc1c(C(=O)c2cc3ccc(C#N)cc3[nH]2)cnn1-c1ccc2nc(C3CC3)[nH]c2c1. The summed E-state index contributed by atoms with van der Waals surface area (Å²) in [5, 5.41) is 17.6. The number of carbonyl (C=O) groups is 1. The second kappa shape index (κ2) is 6.82. The Balaban J connectivity index is 1.39. The Morgan fingerprint density at radius 3 is 2.81 bits per heavy atom. The number of nitriles is 1. The van der Waals surface area contributed by atoms with E-state index in [1.807, 2.05) is 24.3 Å². The average molecular weight is 421 g/mol. The van der Waals surface area contributed by atoms with Crippen LogP contribution < -0.4 is 5.32 Å². The Morgan fingerprint density at radius 2 is 2.03 bits per heavy atom. The van der Waals surface area contributed by atoms with E-state index >= 15 is 0 Å². The standard InChI is InChI=1S/C24H19N7O/c1-26-24-17(22(32)21-9-15-3-2-13(11-25)8-19(15)28-21)12-27-31(24)16-6-7-18-20(10-16)30-23(29-18)14-4-5-14/h2-3,6-10,12,14,26,28H,4-5H2,1H3,(H,29,30). The molecule has 1 aliphatic rings. The Labute approximate surface area is 182 Å². The van der Waals surface area contributed by atoms with Crippen molar-refractivity contribution in [1.29, 1.82) is 5.26 Å². The average Bonchev–Trinajstić information content (AvgIpc) is 3.25. The highest BCUT2D eigenvalue weighted by Crippen LogP contribution is 2.39. The van der Waals surface area contributed by atoms with Crippen molar-refractivity contribution >= 4 is 33.5 Å². The van der Waals surface area contributed by atoms with Gasteiger partial charge in [-0.3, -0.25) is 4.79 Å². The van der Waals surface area contributed by atoms with Crippen molar-refractivity contribution in [2.75, 3.05) is 12.4 Å². The van der Waals surface area contributed by atoms with Crippen LogP contribution in [0.1, 0.15) is 46.2 Å². The van der Waals surface area contributed by atoms with Crippen molar-refractivity contribution in [3.8, 4) is 11.8 Å². The predicted molar refractivity (Wildman–Crippen MR) is 121 cm³/mol. The summed E-state index contributed by atoms with van der Waals surface area (Å²) < 4.78 is 1.72. The summed E-state index contributed by atoms with van der Waals surface area (Å²) in [4.78, 5) is 24.5. The number of hydrogen-bond acceptors (Lipinski definition) is 5. The van der Waals surface area contributed by atoms with Crippen molar-refractivity contribution in [3.05, 3.63) is 71.3 Å². The molecule has 8 heteroatoms. The van der Waals surface area contributed by atoms with Gasteiger partial charge in [0.05, 0.1) is 45.8 Å². The van der Waals surface area contributed by atoms with E-state index in [1.54, 1.807) is 36.1 Å². The predicted octanol–water partition coefficient (Wildman–Crippen LogP) is 4.25. The van der Waals surface area contributed by atoms with Crippen LogP contribution in [0.15, 0.2) is 48.7 Å². The molecule has 3 N–H and O–H groups in total. The van der Waals surface area contributed by atoms with E-state index in [4.69, 9.17) is 5.26 Å². The largest absolute Gasteiger partial charge is 0.372 e. The number of benzene rings is 2. The van der Waals surface area contributed by atoms with Gasteiger partial charge in [0.1, 0.15) is 11.6 Å². The molecule has 0 aliphatic heterocycles. The van der Waals surface area contributed by atoms with Crippen LogP contribution in [-0.2, 0) is 0 Å². The number of carbonyl (C=O) groups excluding carboxylic acids is 1. The van der Waals surface area contributed by atoms with Gasteiger partial charge in [-0.05, 0) is 49.2 Å². The fraction of sp³-hybridized carbons (Fsp3) is 0.167. The fourth-order valence-corrected chi connectivity index (χ4v) is 4.11. The van der Waals surface area contributed by atoms with E-state index in [2.05, 4.69) is 31.4 Å². The number of nitrogens with one attached hydrogen (secondary N) is 3. The smallest absolute Gasteiger partial charge is 0.214 e. The zero-order valence-corrected chi connectivity index (χ0v) is 17.3. The Bertz CT molecular complexity index is 1560. The Kier molecular flexibility index (Phi) is 3.92. The number of ketones is 1. The van der Waals surface area contributed by atoms with Crippen molar-refractivity contribution in [2.45, 2.75) is 18.8 Å². The molecule has 6 rings (SSSR count). The van der Waals surface area contributed by atoms with E-state index in [1.165, 1.54) is 12.8 Å². The number of aromatic nitrogens is 5. The van der Waals surface area contributed by atoms with Crippen LogP contribution in [0.4, 0.5) is 5.82 Å². The molecule has 0 radical (unpaired) electrons. The van der Waals surface area contributed by atoms with Crippen LogP contribution in [0.5, 0.6) is 0 Å². The van der Waals surface area contributed by atoms with E-state index in [0.717, 1.165) is 33.4 Å². The lowest BCUT2D eigenvalue weighted by atomic mass is 10.1. The lowest BCUT2D eigenvalue weighted by Crippen LogP contribution is -2.08. The van der Waals surface area contributed by atoms with Crippen LogP contribution in [0, 0.1) is 11.3 Å². The van der Waals surface area contributed by atoms with Gasteiger partial charge in [0.2, 0.25) is 5.78 Å². The summed E-state index contributed by atoms with van der Waals surface area (Å²) in [5.41, 5.74) is 4.93. The minimum absolute atomic E-state index is 0.172. The molecule has 2 aromatic carbocycles. The molecule has 1 aliphatic carbocycles. The lowest BCUT2D eigenvalue weighted by molar-refractivity contribution is 0.103. The van der Waals surface area contributed by atoms with Gasteiger partial charge in [-0.1, -0.05) is 6.07 Å². The molecule has 0 saturated heterocycles. The number of hydrogen-bond donors (Lipinski definition) is 3. The monoisotopic (exact) mass is 421 g/mol. The molecule has 8 nitrogen and oxygen atoms in total. The summed E-state index contributed by atoms with van der Waals surface area (Å²) in [6.45, 7) is 0. The number of fused-ring (bicyclic) bond motifs is 2. The van der Waals surface area contributed by atoms with Crippen molar-refractivity contribution in [2.24, 2.45) is 0 Å². The maximum absolute atomic E-state index is 13.3. The molecule has 1 fully saturated rings. The first-order valence-corrected chi connectivity index (χ1v) is 10.5. The molecular weight excluding hydrogens is 402 g/mol. The molecule has 0 bridgehead atoms. The van der Waals surface area contributed by atoms with Crippen molar-refractivity contribution < 1.29 is 4.79 Å². The zero-order valence-electron chi connectivity index (χ0n) is 17.3. The topological polar surface area (TPSA) is 115 Å². The second-order valence-electron chi connectivity index (χ2n) is 8.09. The quantitative estimate of drug-likeness (QED) is 0.367. The maximum atomic E-state index is 13.3. The highest BCUT2D eigenvalue weighted by atomic mass is 16.1. The molecule has 0 atom stereocenters. The van der Waals surface area contributed by atoms with Gasteiger partial charge in [-0.25, -0.2) is 9.67 Å². The van der Waals surface area contributed by atoms with Crippen LogP contribution >= 0.6 is 0 Å². The summed E-state index contributed by atoms with van der Waals surface area (Å²) in [5.74, 6) is 2.02. The second-order valence-corrected chi connectivity index (χ2v) is 8.09. The van der Waals surface area contributed by atoms with Crippen LogP contribution in [0.2, 0.25) is 0 Å². The molecule has 0 spiro atoms. The highest BCUT2D eigenvalue weighted by Gasteiger charge is 2.27. The maximum Gasteiger partial charge on any atom is 0.214 e. The van der Waals surface area contributed by atoms with Gasteiger partial charge in [0, 0.05) is 23.9 Å². The molecule has 0 unspecified atom stereocenters. The zero-order chi connectivity index (χ0) is 21.8. The first-order chi connectivity index (χ1) is 15.6. The molecule has 32 heavy (non-hydrogen) atoms. The number of anilines is 1. The normalized spacial score (nSPS) is 13.5. The summed E-state index contributed by atoms with van der Waals surface area (Å²) >= 11 is 0. The van der Waals surface area contributed by atoms with E-state index < -0.39 is 0 Å². The number of imidazole rings is 1. The van der Waals surface area contributed by atoms with Crippen LogP contribution in [-0.4, -0.2) is 37.6 Å². The fourth-order valence-electron chi connectivity index (χ4n) is 4.11. The molecule has 5 aromatic rings. The van der Waals surface area contributed by atoms with Gasteiger partial charge in [0.15, 0.2) is 0 Å². The molecule has 156 valence electrons. The van der Waals surface area contributed by atoms with Crippen molar-refractivity contribution in [1.82, 2.24) is 24.7 Å². The van der Waals surface area contributed by atoms with E-state index in [0.29, 0.717) is 28.6 Å². The number of aromatic amines is 2. The molecule has 0 amide bonds. The highest BCUT2D eigenvalue weighted by molar-refractivity contribution is 6.12. The van der Waals surface area contributed by atoms with Gasteiger partial charge < -0.3 is 15.3 Å². The van der Waals surface area contributed by atoms with Gasteiger partial charge in [-0.2, -0.15) is 10.4 Å². The summed E-state index contributed by atoms with van der Waals surface area (Å²) in [7, 11) is 1.77. The Hall–Kier alpha value is -4.38. The lowest BCUT2D eigenvalue weighted by Gasteiger charge is -2.08. The van der Waals surface area contributed by atoms with Crippen LogP contribution in [0.3, 0.4) is 0 Å². The Morgan fingerprint density at radius 1 is 1.16 bits per heavy atom. The van der Waals surface area contributed by atoms with E-state index in [-0.39, 0.29) is 5.78 Å². The molecule has 3 heterocycles. The first-order valence-electron chi connectivity index (χ1n) is 10.5. The minimum Gasteiger partial charge on any atom is -0.372 e. The summed E-state index contributed by atoms with van der Waals surface area (Å²) in [6.07, 6.45) is 3.95. The van der Waals surface area contributed by atoms with Gasteiger partial charge in [-0.15, -0.1) is 0 Å². The van der Waals surface area contributed by atoms with Gasteiger partial charge in [0.25, 0.3) is 0 Å². The van der Waals surface area contributed by atoms with Crippen LogP contribution in [0.25, 0.3) is 27.6 Å². The first kappa shape index (κ1) is 18.4.